The van der Waals surface area contributed by atoms with Gasteiger partial charge in [0, 0.05) is 6.92 Å². The predicted octanol–water partition coefficient (Wildman–Crippen LogP) is 0.158. The second-order valence-electron chi connectivity index (χ2n) is 4.28. The molecule has 0 amide bonds. The molecule has 8 nitrogen and oxygen atoms in total. The lowest BCUT2D eigenvalue weighted by atomic mass is 10.2. The van der Waals surface area contributed by atoms with E-state index in [9.17, 15) is 14.4 Å². The Labute approximate surface area is 125 Å². The van der Waals surface area contributed by atoms with Gasteiger partial charge in [0.15, 0.2) is 5.82 Å². The van der Waals surface area contributed by atoms with Crippen molar-refractivity contribution >= 4 is 17.8 Å². The summed E-state index contributed by atoms with van der Waals surface area (Å²) in [5, 5.41) is 0. The first-order chi connectivity index (χ1) is 10.5. The van der Waals surface area contributed by atoms with Crippen LogP contribution in [0.25, 0.3) is 0 Å². The molecular formula is C14H13N3O5. The normalized spacial score (nSPS) is 10.0. The number of carbonyl (C=O) groups is 2. The van der Waals surface area contributed by atoms with Gasteiger partial charge in [-0.1, -0.05) is 30.3 Å². The number of hydrogen-bond donors (Lipinski definition) is 1. The third-order valence-corrected chi connectivity index (χ3v) is 2.63. The van der Waals surface area contributed by atoms with E-state index in [0.717, 1.165) is 18.7 Å². The van der Waals surface area contributed by atoms with E-state index in [1.54, 1.807) is 24.3 Å². The van der Waals surface area contributed by atoms with Crippen molar-refractivity contribution < 1.29 is 19.2 Å². The first-order valence-electron chi connectivity index (χ1n) is 6.26. The molecule has 0 saturated heterocycles. The van der Waals surface area contributed by atoms with Gasteiger partial charge in [-0.25, -0.2) is 14.4 Å². The summed E-state index contributed by atoms with van der Waals surface area (Å²) in [4.78, 5) is 42.4. The second kappa shape index (κ2) is 6.53. The maximum absolute atomic E-state index is 12.0. The molecule has 0 unspecified atom stereocenters. The van der Waals surface area contributed by atoms with Gasteiger partial charge in [0.2, 0.25) is 0 Å². The Kier molecular flexibility index (Phi) is 4.52. The topological polar surface area (TPSA) is 114 Å². The zero-order valence-electron chi connectivity index (χ0n) is 11.7. The number of rotatable bonds is 4. The summed E-state index contributed by atoms with van der Waals surface area (Å²) in [6.07, 6.45) is 0.977. The molecule has 2 aromatic rings. The lowest BCUT2D eigenvalue weighted by Gasteiger charge is -2.10. The zero-order valence-corrected chi connectivity index (χ0v) is 11.7. The molecule has 0 radical (unpaired) electrons. The number of esters is 1. The maximum Gasteiger partial charge on any atom is 0.383 e. The molecule has 1 aromatic heterocycles. The van der Waals surface area contributed by atoms with Gasteiger partial charge in [0.25, 0.3) is 0 Å². The molecule has 8 heteroatoms. The van der Waals surface area contributed by atoms with Crippen LogP contribution in [0.1, 0.15) is 22.8 Å². The fourth-order valence-electron chi connectivity index (χ4n) is 1.63. The minimum absolute atomic E-state index is 0.0335. The van der Waals surface area contributed by atoms with Crippen molar-refractivity contribution in [3.05, 3.63) is 58.1 Å². The highest BCUT2D eigenvalue weighted by atomic mass is 16.7. The van der Waals surface area contributed by atoms with Crippen LogP contribution in [0.4, 0.5) is 5.82 Å². The molecule has 0 fully saturated rings. The number of nitrogens with two attached hydrogens (primary N) is 1. The average Bonchev–Trinajstić information content (AvgIpc) is 2.50. The Balaban J connectivity index is 2.19. The van der Waals surface area contributed by atoms with E-state index in [2.05, 4.69) is 9.82 Å². The van der Waals surface area contributed by atoms with E-state index in [1.807, 2.05) is 6.07 Å². The van der Waals surface area contributed by atoms with Gasteiger partial charge >= 0.3 is 17.6 Å². The molecule has 1 aromatic carbocycles. The van der Waals surface area contributed by atoms with E-state index in [1.165, 1.54) is 0 Å². The summed E-state index contributed by atoms with van der Waals surface area (Å²) in [5.41, 5.74) is 5.36. The Morgan fingerprint density at radius 2 is 1.95 bits per heavy atom. The number of aromatic nitrogens is 2. The Bertz CT molecular complexity index is 755. The quantitative estimate of drug-likeness (QED) is 0.800. The molecule has 2 N–H and O–H groups in total. The summed E-state index contributed by atoms with van der Waals surface area (Å²) in [7, 11) is 0. The van der Waals surface area contributed by atoms with Gasteiger partial charge in [0.1, 0.15) is 12.2 Å². The Morgan fingerprint density at radius 3 is 2.59 bits per heavy atom. The molecule has 0 spiro atoms. The standard InChI is InChI=1S/C14H13N3O5/c1-9(18)22-17-12(15)11(7-16-14(17)20)13(19)21-8-10-5-3-2-4-6-10/h2-7H,8,15H2,1H3. The minimum Gasteiger partial charge on any atom is -0.457 e. The van der Waals surface area contributed by atoms with Crippen LogP contribution in [0.15, 0.2) is 41.3 Å². The second-order valence-corrected chi connectivity index (χ2v) is 4.28. The number of nitrogen functional groups attached to an aromatic ring is 1. The largest absolute Gasteiger partial charge is 0.457 e. The zero-order chi connectivity index (χ0) is 16.1. The summed E-state index contributed by atoms with van der Waals surface area (Å²) in [5.74, 6) is -1.91. The predicted molar refractivity (Wildman–Crippen MR) is 75.7 cm³/mol. The fraction of sp³-hybridized carbons (Fsp3) is 0.143. The van der Waals surface area contributed by atoms with Crippen molar-refractivity contribution in [1.29, 1.82) is 0 Å². The van der Waals surface area contributed by atoms with Crippen molar-refractivity contribution in [2.75, 3.05) is 5.73 Å². The van der Waals surface area contributed by atoms with Crippen molar-refractivity contribution in [2.24, 2.45) is 0 Å². The van der Waals surface area contributed by atoms with Crippen molar-refractivity contribution in [3.8, 4) is 0 Å². The third-order valence-electron chi connectivity index (χ3n) is 2.63. The van der Waals surface area contributed by atoms with Crippen molar-refractivity contribution in [3.63, 3.8) is 0 Å². The van der Waals surface area contributed by atoms with Crippen LogP contribution in [-0.4, -0.2) is 21.7 Å². The number of ether oxygens (including phenoxy) is 1. The van der Waals surface area contributed by atoms with Gasteiger partial charge < -0.3 is 15.3 Å². The van der Waals surface area contributed by atoms with E-state index in [0.29, 0.717) is 4.73 Å². The molecule has 0 aliphatic rings. The van der Waals surface area contributed by atoms with Gasteiger partial charge in [-0.05, 0) is 5.56 Å². The lowest BCUT2D eigenvalue weighted by molar-refractivity contribution is -0.141. The Morgan fingerprint density at radius 1 is 1.27 bits per heavy atom. The van der Waals surface area contributed by atoms with Crippen LogP contribution in [0.5, 0.6) is 0 Å². The van der Waals surface area contributed by atoms with Gasteiger partial charge in [0.05, 0.1) is 6.20 Å². The molecule has 22 heavy (non-hydrogen) atoms. The molecule has 114 valence electrons. The number of nitrogens with zero attached hydrogens (tertiary/aromatic N) is 2. The summed E-state index contributed by atoms with van der Waals surface area (Å²) >= 11 is 0. The van der Waals surface area contributed by atoms with Gasteiger partial charge in [-0.3, -0.25) is 0 Å². The lowest BCUT2D eigenvalue weighted by Crippen LogP contribution is -2.34. The van der Waals surface area contributed by atoms with Crippen LogP contribution in [-0.2, 0) is 16.1 Å². The average molecular weight is 303 g/mol. The number of benzene rings is 1. The van der Waals surface area contributed by atoms with E-state index in [4.69, 9.17) is 10.5 Å². The van der Waals surface area contributed by atoms with Crippen LogP contribution in [0, 0.1) is 0 Å². The SMILES string of the molecule is CC(=O)On1c(N)c(C(=O)OCc2ccccc2)cnc1=O. The van der Waals surface area contributed by atoms with Crippen LogP contribution < -0.4 is 16.3 Å². The number of hydrogen-bond acceptors (Lipinski definition) is 7. The summed E-state index contributed by atoms with van der Waals surface area (Å²) in [6, 6.07) is 9.02. The Hall–Kier alpha value is -3.16. The molecule has 0 atom stereocenters. The van der Waals surface area contributed by atoms with Crippen molar-refractivity contribution in [1.82, 2.24) is 9.71 Å². The minimum atomic E-state index is -0.910. The highest BCUT2D eigenvalue weighted by Crippen LogP contribution is 2.10. The molecule has 0 aliphatic carbocycles. The number of carbonyl (C=O) groups excluding carboxylic acids is 2. The van der Waals surface area contributed by atoms with Gasteiger partial charge in [-0.15, -0.1) is 4.73 Å². The van der Waals surface area contributed by atoms with E-state index in [-0.39, 0.29) is 18.0 Å². The third kappa shape index (κ3) is 3.48. The molecule has 0 bridgehead atoms. The van der Waals surface area contributed by atoms with Crippen LogP contribution >= 0.6 is 0 Å². The summed E-state index contributed by atoms with van der Waals surface area (Å²) in [6.45, 7) is 1.12. The molecule has 0 aliphatic heterocycles. The fourth-order valence-corrected chi connectivity index (χ4v) is 1.63. The van der Waals surface area contributed by atoms with Gasteiger partial charge in [-0.2, -0.15) is 4.98 Å². The smallest absolute Gasteiger partial charge is 0.383 e. The van der Waals surface area contributed by atoms with Crippen LogP contribution in [0.3, 0.4) is 0 Å². The van der Waals surface area contributed by atoms with Crippen LogP contribution in [0.2, 0.25) is 0 Å². The first-order valence-corrected chi connectivity index (χ1v) is 6.26. The summed E-state index contributed by atoms with van der Waals surface area (Å²) < 4.78 is 5.53. The van der Waals surface area contributed by atoms with Crippen molar-refractivity contribution in [2.45, 2.75) is 13.5 Å². The molecule has 0 saturated carbocycles. The highest BCUT2D eigenvalue weighted by Gasteiger charge is 2.18. The number of anilines is 1. The van der Waals surface area contributed by atoms with E-state index >= 15 is 0 Å². The molecule has 2 rings (SSSR count). The molecule has 1 heterocycles. The maximum atomic E-state index is 12.0. The molecular weight excluding hydrogens is 290 g/mol. The van der Waals surface area contributed by atoms with E-state index < -0.39 is 17.6 Å². The highest BCUT2D eigenvalue weighted by molar-refractivity contribution is 5.93. The monoisotopic (exact) mass is 303 g/mol. The first kappa shape index (κ1) is 15.2.